The fourth-order valence-electron chi connectivity index (χ4n) is 2.28. The molecule has 94 valence electrons. The molecule has 0 atom stereocenters. The van der Waals surface area contributed by atoms with E-state index in [1.165, 1.54) is 0 Å². The van der Waals surface area contributed by atoms with E-state index in [1.807, 2.05) is 0 Å². The summed E-state index contributed by atoms with van der Waals surface area (Å²) in [7, 11) is 0. The van der Waals surface area contributed by atoms with Crippen LogP contribution in [0, 0.1) is 5.92 Å². The molecule has 0 amide bonds. The summed E-state index contributed by atoms with van der Waals surface area (Å²) in [5, 5.41) is 0. The fourth-order valence-corrected chi connectivity index (χ4v) is 2.28. The van der Waals surface area contributed by atoms with E-state index in [1.54, 1.807) is 0 Å². The molecule has 0 aromatic heterocycles. The van der Waals surface area contributed by atoms with Crippen LogP contribution in [-0.4, -0.2) is 31.7 Å². The first-order chi connectivity index (χ1) is 7.26. The average molecular weight is 252 g/mol. The highest BCUT2D eigenvalue weighted by Gasteiger charge is 2.42. The van der Waals surface area contributed by atoms with Crippen LogP contribution in [0.2, 0.25) is 0 Å². The van der Waals surface area contributed by atoms with Gasteiger partial charge in [0.15, 0.2) is 5.79 Å². The van der Waals surface area contributed by atoms with Gasteiger partial charge in [0.25, 0.3) is 0 Å². The number of carbonyl (C=O) groups is 1. The molecule has 2 aliphatic rings. The van der Waals surface area contributed by atoms with Crippen molar-refractivity contribution in [2.24, 2.45) is 11.7 Å². The lowest BCUT2D eigenvalue weighted by atomic mass is 9.85. The van der Waals surface area contributed by atoms with Crippen LogP contribution in [0.5, 0.6) is 0 Å². The Kier molecular flexibility index (Phi) is 4.98. The van der Waals surface area contributed by atoms with E-state index in [9.17, 15) is 4.79 Å². The number of ether oxygens (including phenoxy) is 3. The Balaban J connectivity index is 0.00000128. The largest absolute Gasteiger partial charge is 0.450 e. The van der Waals surface area contributed by atoms with Gasteiger partial charge in [0.1, 0.15) is 6.73 Å². The van der Waals surface area contributed by atoms with Crippen molar-refractivity contribution in [1.29, 1.82) is 0 Å². The van der Waals surface area contributed by atoms with E-state index in [0.717, 1.165) is 25.7 Å². The van der Waals surface area contributed by atoms with Crippen LogP contribution in [-0.2, 0) is 19.0 Å². The molecule has 0 unspecified atom stereocenters. The van der Waals surface area contributed by atoms with Crippen molar-refractivity contribution in [3.8, 4) is 0 Å². The molecular weight excluding hydrogens is 234 g/mol. The lowest BCUT2D eigenvalue weighted by Gasteiger charge is -2.34. The Hall–Kier alpha value is -0.360. The molecule has 5 nitrogen and oxygen atoms in total. The van der Waals surface area contributed by atoms with Crippen molar-refractivity contribution in [1.82, 2.24) is 0 Å². The third-order valence-corrected chi connectivity index (χ3v) is 3.12. The third kappa shape index (κ3) is 2.85. The van der Waals surface area contributed by atoms with Gasteiger partial charge < -0.3 is 14.2 Å². The smallest absolute Gasteiger partial charge is 0.310 e. The molecule has 6 heteroatoms. The summed E-state index contributed by atoms with van der Waals surface area (Å²) in [6.45, 7) is 1.29. The van der Waals surface area contributed by atoms with Gasteiger partial charge in [-0.2, -0.15) is 0 Å². The fraction of sp³-hybridized carbons (Fsp3) is 0.900. The van der Waals surface area contributed by atoms with Crippen molar-refractivity contribution in [3.05, 3.63) is 0 Å². The van der Waals surface area contributed by atoms with E-state index in [2.05, 4.69) is 0 Å². The van der Waals surface area contributed by atoms with Gasteiger partial charge in [0.05, 0.1) is 19.1 Å². The molecule has 0 aromatic rings. The van der Waals surface area contributed by atoms with Gasteiger partial charge in [0.2, 0.25) is 0 Å². The van der Waals surface area contributed by atoms with E-state index in [-0.39, 0.29) is 31.0 Å². The zero-order valence-electron chi connectivity index (χ0n) is 9.15. The second-order valence-corrected chi connectivity index (χ2v) is 4.01. The number of hydrogen-bond acceptors (Lipinski definition) is 5. The van der Waals surface area contributed by atoms with E-state index in [0.29, 0.717) is 13.2 Å². The third-order valence-electron chi connectivity index (χ3n) is 3.12. The van der Waals surface area contributed by atoms with Crippen LogP contribution in [0.1, 0.15) is 25.7 Å². The summed E-state index contributed by atoms with van der Waals surface area (Å²) in [5.74, 6) is -0.628. The molecule has 1 saturated heterocycles. The van der Waals surface area contributed by atoms with Gasteiger partial charge in [-0.25, -0.2) is 0 Å². The number of rotatable bonds is 2. The highest BCUT2D eigenvalue weighted by molar-refractivity contribution is 5.85. The van der Waals surface area contributed by atoms with Crippen LogP contribution in [0.25, 0.3) is 0 Å². The lowest BCUT2D eigenvalue weighted by molar-refractivity contribution is -0.187. The average Bonchev–Trinajstić information content (AvgIpc) is 2.68. The van der Waals surface area contributed by atoms with Gasteiger partial charge in [-0.15, -0.1) is 12.4 Å². The predicted octanol–water partition coefficient (Wildman–Crippen LogP) is 0.801. The minimum absolute atomic E-state index is 0. The van der Waals surface area contributed by atoms with Crippen LogP contribution in [0.3, 0.4) is 0 Å². The predicted molar refractivity (Wildman–Crippen MR) is 59.0 cm³/mol. The zero-order valence-corrected chi connectivity index (χ0v) is 9.96. The van der Waals surface area contributed by atoms with Gasteiger partial charge in [-0.05, 0) is 12.8 Å². The zero-order chi connectivity index (χ0) is 10.7. The Labute approximate surface area is 101 Å². The molecule has 1 heterocycles. The van der Waals surface area contributed by atoms with Gasteiger partial charge >= 0.3 is 5.97 Å². The molecule has 1 saturated carbocycles. The maximum absolute atomic E-state index is 11.4. The molecule has 2 N–H and O–H groups in total. The normalized spacial score (nSPS) is 24.1. The molecule has 1 aliphatic carbocycles. The Morgan fingerprint density at radius 2 is 1.88 bits per heavy atom. The lowest BCUT2D eigenvalue weighted by Crippen LogP contribution is -2.37. The first-order valence-electron chi connectivity index (χ1n) is 5.40. The Bertz CT molecular complexity index is 233. The van der Waals surface area contributed by atoms with E-state index < -0.39 is 5.79 Å². The SMILES string of the molecule is Cl.NCOC(=O)C1CCC2(CC1)OCCO2. The first-order valence-corrected chi connectivity index (χ1v) is 5.40. The number of hydrogen-bond donors (Lipinski definition) is 1. The maximum Gasteiger partial charge on any atom is 0.310 e. The van der Waals surface area contributed by atoms with Crippen molar-refractivity contribution in [2.45, 2.75) is 31.5 Å². The minimum Gasteiger partial charge on any atom is -0.450 e. The summed E-state index contributed by atoms with van der Waals surface area (Å²) in [6.07, 6.45) is 3.08. The molecule has 0 bridgehead atoms. The second kappa shape index (κ2) is 5.82. The minimum atomic E-state index is -0.403. The van der Waals surface area contributed by atoms with Crippen LogP contribution in [0.15, 0.2) is 0 Å². The Morgan fingerprint density at radius 3 is 2.38 bits per heavy atom. The Morgan fingerprint density at radius 1 is 1.31 bits per heavy atom. The van der Waals surface area contributed by atoms with Gasteiger partial charge in [0, 0.05) is 12.8 Å². The highest BCUT2D eigenvalue weighted by atomic mass is 35.5. The van der Waals surface area contributed by atoms with E-state index >= 15 is 0 Å². The molecule has 1 aliphatic heterocycles. The number of halogens is 1. The number of esters is 1. The summed E-state index contributed by atoms with van der Waals surface area (Å²) in [4.78, 5) is 11.4. The van der Waals surface area contributed by atoms with Crippen LogP contribution < -0.4 is 5.73 Å². The quantitative estimate of drug-likeness (QED) is 0.581. The summed E-state index contributed by atoms with van der Waals surface area (Å²) in [5.41, 5.74) is 5.16. The molecular formula is C10H18ClNO4. The maximum atomic E-state index is 11.4. The highest BCUT2D eigenvalue weighted by Crippen LogP contribution is 2.38. The first kappa shape index (κ1) is 13.7. The summed E-state index contributed by atoms with van der Waals surface area (Å²) < 4.78 is 15.9. The van der Waals surface area contributed by atoms with Crippen LogP contribution in [0.4, 0.5) is 0 Å². The second-order valence-electron chi connectivity index (χ2n) is 4.01. The summed E-state index contributed by atoms with van der Waals surface area (Å²) in [6, 6.07) is 0. The molecule has 2 fully saturated rings. The molecule has 0 radical (unpaired) electrons. The monoisotopic (exact) mass is 251 g/mol. The van der Waals surface area contributed by atoms with E-state index in [4.69, 9.17) is 19.9 Å². The standard InChI is InChI=1S/C10H17NO4.ClH/c11-7-13-9(12)8-1-3-10(4-2-8)14-5-6-15-10;/h8H,1-7,11H2;1H. The topological polar surface area (TPSA) is 70.8 Å². The number of nitrogens with two attached hydrogens (primary N) is 1. The van der Waals surface area contributed by atoms with Gasteiger partial charge in [-0.1, -0.05) is 0 Å². The van der Waals surface area contributed by atoms with Crippen LogP contribution >= 0.6 is 12.4 Å². The van der Waals surface area contributed by atoms with Crippen molar-refractivity contribution in [2.75, 3.05) is 19.9 Å². The van der Waals surface area contributed by atoms with Crippen molar-refractivity contribution < 1.29 is 19.0 Å². The molecule has 1 spiro atoms. The molecule has 0 aromatic carbocycles. The van der Waals surface area contributed by atoms with Crippen molar-refractivity contribution in [3.63, 3.8) is 0 Å². The number of carbonyl (C=O) groups excluding carboxylic acids is 1. The van der Waals surface area contributed by atoms with Gasteiger partial charge in [-0.3, -0.25) is 10.5 Å². The summed E-state index contributed by atoms with van der Waals surface area (Å²) >= 11 is 0. The molecule has 16 heavy (non-hydrogen) atoms. The van der Waals surface area contributed by atoms with Crippen molar-refractivity contribution >= 4 is 18.4 Å². The molecule has 2 rings (SSSR count).